The number of piperidine rings is 2. The molecular formula is C40H38N6O9. The summed E-state index contributed by atoms with van der Waals surface area (Å²) in [6, 6.07) is 9.35. The summed E-state index contributed by atoms with van der Waals surface area (Å²) in [5, 5.41) is 3.54. The van der Waals surface area contributed by atoms with Crippen LogP contribution < -0.4 is 25.1 Å². The second-order valence-electron chi connectivity index (χ2n) is 13.9. The summed E-state index contributed by atoms with van der Waals surface area (Å²) >= 11 is 0. The van der Waals surface area contributed by atoms with E-state index in [4.69, 9.17) is 18.6 Å². The number of nitrogens with one attached hydrogen (secondary N) is 1. The number of amides is 4. The molecule has 1 unspecified atom stereocenters. The molecule has 6 heterocycles. The van der Waals surface area contributed by atoms with E-state index in [0.717, 1.165) is 52.9 Å². The molecule has 3 aliphatic rings. The molecule has 0 radical (unpaired) electrons. The van der Waals surface area contributed by atoms with Crippen molar-refractivity contribution < 1.29 is 37.8 Å². The molecule has 0 saturated carbocycles. The molecule has 0 spiro atoms. The number of benzene rings is 2. The van der Waals surface area contributed by atoms with E-state index < -0.39 is 29.7 Å². The topological polar surface area (TPSA) is 175 Å². The van der Waals surface area contributed by atoms with Gasteiger partial charge in [-0.15, -0.1) is 0 Å². The minimum absolute atomic E-state index is 0.0494. The molecule has 3 aromatic heterocycles. The van der Waals surface area contributed by atoms with Gasteiger partial charge in [0.25, 0.3) is 17.4 Å². The van der Waals surface area contributed by atoms with Crippen LogP contribution in [0.3, 0.4) is 0 Å². The molecule has 0 bridgehead atoms. The van der Waals surface area contributed by atoms with Crippen LogP contribution in [0.5, 0.6) is 17.2 Å². The molecule has 8 rings (SSSR count). The van der Waals surface area contributed by atoms with Crippen LogP contribution in [0.15, 0.2) is 70.4 Å². The van der Waals surface area contributed by atoms with E-state index >= 15 is 0 Å². The predicted octanol–water partition coefficient (Wildman–Crippen LogP) is 3.97. The van der Waals surface area contributed by atoms with Crippen LogP contribution in [-0.4, -0.2) is 81.3 Å². The first-order valence-electron chi connectivity index (χ1n) is 18.0. The second kappa shape index (κ2) is 14.5. The Morgan fingerprint density at radius 2 is 1.62 bits per heavy atom. The van der Waals surface area contributed by atoms with Crippen molar-refractivity contribution in [3.63, 3.8) is 0 Å². The van der Waals surface area contributed by atoms with Gasteiger partial charge in [0.1, 0.15) is 29.9 Å². The van der Waals surface area contributed by atoms with E-state index in [9.17, 15) is 24.0 Å². The Morgan fingerprint density at radius 3 is 2.35 bits per heavy atom. The first kappa shape index (κ1) is 35.7. The fourth-order valence-corrected chi connectivity index (χ4v) is 7.67. The van der Waals surface area contributed by atoms with Gasteiger partial charge in [-0.05, 0) is 79.7 Å². The number of hydrogen-bond donors (Lipinski definition) is 1. The number of methoxy groups -OCH3 is 2. The molecule has 0 aliphatic carbocycles. The number of pyridine rings is 2. The van der Waals surface area contributed by atoms with Crippen molar-refractivity contribution in [3.05, 3.63) is 99.9 Å². The number of oxazole rings is 1. The summed E-state index contributed by atoms with van der Waals surface area (Å²) in [5.41, 5.74) is 2.87. The SMILES string of the molecule is COc1cc(-c2cn(C)c(=O)c3cnccc23)cc(OC)c1CN1CCC(c2ncc(COc3ccc4c(c3)C(=O)N(C3CCC(=O)NC3=O)C4=O)o2)CC1. The highest BCUT2D eigenvalue weighted by Crippen LogP contribution is 2.39. The fourth-order valence-electron chi connectivity index (χ4n) is 7.67. The van der Waals surface area contributed by atoms with Gasteiger partial charge in [-0.1, -0.05) is 0 Å². The van der Waals surface area contributed by atoms with Crippen LogP contribution in [0, 0.1) is 0 Å². The van der Waals surface area contributed by atoms with Gasteiger partial charge in [-0.3, -0.25) is 44.1 Å². The molecule has 1 atom stereocenters. The number of imide groups is 2. The molecule has 2 saturated heterocycles. The van der Waals surface area contributed by atoms with Crippen LogP contribution in [-0.2, 0) is 29.8 Å². The average molecular weight is 747 g/mol. The smallest absolute Gasteiger partial charge is 0.262 e. The second-order valence-corrected chi connectivity index (χ2v) is 13.9. The normalized spacial score (nSPS) is 17.8. The maximum atomic E-state index is 13.2. The molecule has 2 aromatic carbocycles. The average Bonchev–Trinajstić information content (AvgIpc) is 3.77. The number of hydrogen-bond acceptors (Lipinski definition) is 12. The molecule has 5 aromatic rings. The van der Waals surface area contributed by atoms with Gasteiger partial charge in [-0.25, -0.2) is 4.98 Å². The van der Waals surface area contributed by atoms with Crippen LogP contribution in [0.25, 0.3) is 21.9 Å². The first-order valence-corrected chi connectivity index (χ1v) is 18.0. The van der Waals surface area contributed by atoms with Gasteiger partial charge in [0.05, 0.1) is 42.5 Å². The Labute approximate surface area is 314 Å². The van der Waals surface area contributed by atoms with Gasteiger partial charge in [-0.2, -0.15) is 0 Å². The summed E-state index contributed by atoms with van der Waals surface area (Å²) in [4.78, 5) is 74.9. The third kappa shape index (κ3) is 6.60. The van der Waals surface area contributed by atoms with E-state index in [1.807, 2.05) is 24.4 Å². The number of fused-ring (bicyclic) bond motifs is 2. The zero-order valence-corrected chi connectivity index (χ0v) is 30.5. The van der Waals surface area contributed by atoms with Gasteiger partial charge in [0.2, 0.25) is 11.8 Å². The van der Waals surface area contributed by atoms with Gasteiger partial charge >= 0.3 is 0 Å². The zero-order chi connectivity index (χ0) is 38.4. The van der Waals surface area contributed by atoms with Crippen LogP contribution in [0.1, 0.15) is 69.5 Å². The molecule has 15 heteroatoms. The summed E-state index contributed by atoms with van der Waals surface area (Å²) in [6.07, 6.45) is 8.51. The highest BCUT2D eigenvalue weighted by atomic mass is 16.5. The Bertz CT molecular complexity index is 2400. The van der Waals surface area contributed by atoms with Crippen molar-refractivity contribution in [2.24, 2.45) is 7.05 Å². The molecule has 2 fully saturated rings. The number of carbonyl (C=O) groups excluding carboxylic acids is 4. The van der Waals surface area contributed by atoms with E-state index in [2.05, 4.69) is 20.2 Å². The summed E-state index contributed by atoms with van der Waals surface area (Å²) < 4.78 is 25.4. The number of nitrogens with zero attached hydrogens (tertiary/aromatic N) is 5. The summed E-state index contributed by atoms with van der Waals surface area (Å²) in [7, 11) is 5.01. The number of rotatable bonds is 10. The number of aryl methyl sites for hydroxylation is 1. The molecule has 282 valence electrons. The molecule has 15 nitrogen and oxygen atoms in total. The fraction of sp³-hybridized carbons (Fsp3) is 0.325. The van der Waals surface area contributed by atoms with Crippen molar-refractivity contribution >= 4 is 34.4 Å². The molecule has 3 aliphatic heterocycles. The highest BCUT2D eigenvalue weighted by Gasteiger charge is 2.44. The monoisotopic (exact) mass is 746 g/mol. The Balaban J connectivity index is 0.897. The third-order valence-corrected chi connectivity index (χ3v) is 10.6. The summed E-state index contributed by atoms with van der Waals surface area (Å²) in [6.45, 7) is 2.26. The Morgan fingerprint density at radius 1 is 0.873 bits per heavy atom. The number of aromatic nitrogens is 3. The Kier molecular flexibility index (Phi) is 9.38. The van der Waals surface area contributed by atoms with Gasteiger partial charge < -0.3 is 23.2 Å². The highest BCUT2D eigenvalue weighted by molar-refractivity contribution is 6.23. The molecule has 4 amide bonds. The molecular weight excluding hydrogens is 708 g/mol. The van der Waals surface area contributed by atoms with Gasteiger partial charge in [0.15, 0.2) is 11.7 Å². The lowest BCUT2D eigenvalue weighted by Gasteiger charge is -2.31. The number of ether oxygens (including phenoxy) is 3. The van der Waals surface area contributed by atoms with Crippen molar-refractivity contribution in [3.8, 4) is 28.4 Å². The predicted molar refractivity (Wildman–Crippen MR) is 197 cm³/mol. The van der Waals surface area contributed by atoms with Crippen LogP contribution in [0.2, 0.25) is 0 Å². The first-order chi connectivity index (χ1) is 26.6. The lowest BCUT2D eigenvalue weighted by molar-refractivity contribution is -0.136. The third-order valence-electron chi connectivity index (χ3n) is 10.6. The summed E-state index contributed by atoms with van der Waals surface area (Å²) in [5.74, 6) is 0.737. The maximum absolute atomic E-state index is 13.2. The Hall–Kier alpha value is -6.35. The maximum Gasteiger partial charge on any atom is 0.262 e. The molecule has 1 N–H and O–H groups in total. The lowest BCUT2D eigenvalue weighted by Crippen LogP contribution is -2.54. The number of likely N-dealkylation sites (tertiary alicyclic amines) is 1. The van der Waals surface area contributed by atoms with Crippen LogP contribution in [0.4, 0.5) is 0 Å². The largest absolute Gasteiger partial charge is 0.496 e. The van der Waals surface area contributed by atoms with E-state index in [1.54, 1.807) is 50.5 Å². The standard InChI is InChI=1S/C40H38N6O9/c1-44-19-30(26-8-11-41-18-29(26)38(44)49)23-14-33(52-2)31(34(15-23)53-3)20-45-12-9-22(10-13-45)37-42-17-25(55-37)21-54-24-4-5-27-28(16-24)40(51)46(39(27)50)32-6-7-35(47)43-36(32)48/h4-5,8,11,14-19,22,32H,6-7,9-10,12-13,20-21H2,1-3H3,(H,43,47,48). The molecule has 55 heavy (non-hydrogen) atoms. The quantitative estimate of drug-likeness (QED) is 0.204. The minimum atomic E-state index is -1.04. The van der Waals surface area contributed by atoms with Gasteiger partial charge in [0, 0.05) is 50.1 Å². The van der Waals surface area contributed by atoms with Crippen molar-refractivity contribution in [1.29, 1.82) is 0 Å². The van der Waals surface area contributed by atoms with Crippen molar-refractivity contribution in [1.82, 2.24) is 29.7 Å². The van der Waals surface area contributed by atoms with E-state index in [0.29, 0.717) is 40.8 Å². The van der Waals surface area contributed by atoms with Crippen molar-refractivity contribution in [2.45, 2.75) is 50.8 Å². The van der Waals surface area contributed by atoms with E-state index in [-0.39, 0.29) is 42.1 Å². The van der Waals surface area contributed by atoms with E-state index in [1.165, 1.54) is 12.1 Å². The number of carbonyl (C=O) groups is 4. The minimum Gasteiger partial charge on any atom is -0.496 e. The van der Waals surface area contributed by atoms with Crippen molar-refractivity contribution in [2.75, 3.05) is 27.3 Å². The zero-order valence-electron chi connectivity index (χ0n) is 30.5. The lowest BCUT2D eigenvalue weighted by atomic mass is 9.95. The van der Waals surface area contributed by atoms with Crippen LogP contribution >= 0.6 is 0 Å².